The lowest BCUT2D eigenvalue weighted by Gasteiger charge is -1.94. The Morgan fingerprint density at radius 2 is 2.08 bits per heavy atom. The molecule has 0 fully saturated rings. The van der Waals surface area contributed by atoms with E-state index in [2.05, 4.69) is 6.58 Å². The van der Waals surface area contributed by atoms with Gasteiger partial charge in [-0.3, -0.25) is 4.79 Å². The Morgan fingerprint density at radius 3 is 2.77 bits per heavy atom. The Balaban J connectivity index is 2.84. The van der Waals surface area contributed by atoms with E-state index < -0.39 is 0 Å². The molecule has 0 aromatic heterocycles. The van der Waals surface area contributed by atoms with Crippen molar-refractivity contribution >= 4 is 23.4 Å². The van der Waals surface area contributed by atoms with Crippen LogP contribution in [0.4, 0.5) is 0 Å². The molecule has 1 aromatic rings. The summed E-state index contributed by atoms with van der Waals surface area (Å²) in [6, 6.07) is 8.70. The van der Waals surface area contributed by atoms with Crippen molar-refractivity contribution in [2.24, 2.45) is 0 Å². The number of hydrogen-bond donors (Lipinski definition) is 0. The van der Waals surface area contributed by atoms with E-state index >= 15 is 0 Å². The van der Waals surface area contributed by atoms with Crippen LogP contribution in [0.1, 0.15) is 0 Å². The van der Waals surface area contributed by atoms with Gasteiger partial charge in [0.25, 0.3) is 0 Å². The minimum Gasteiger partial charge on any atom is -0.289 e. The first kappa shape index (κ1) is 10.4. The number of halogens is 1. The van der Waals surface area contributed by atoms with Gasteiger partial charge < -0.3 is 0 Å². The van der Waals surface area contributed by atoms with Gasteiger partial charge in [-0.15, -0.1) is 11.8 Å². The van der Waals surface area contributed by atoms with Crippen molar-refractivity contribution in [2.45, 2.75) is 4.90 Å². The molecule has 3 heteroatoms. The van der Waals surface area contributed by atoms with Gasteiger partial charge in [0.2, 0.25) is 0 Å². The van der Waals surface area contributed by atoms with Gasteiger partial charge in [0.1, 0.15) is 0 Å². The van der Waals surface area contributed by atoms with Gasteiger partial charge in [-0.05, 0) is 12.1 Å². The fourth-order valence-electron chi connectivity index (χ4n) is 0.790. The smallest absolute Gasteiger partial charge is 0.192 e. The van der Waals surface area contributed by atoms with Gasteiger partial charge in [0.15, 0.2) is 5.43 Å². The third kappa shape index (κ3) is 3.66. The highest BCUT2D eigenvalue weighted by Crippen LogP contribution is 2.16. The fourth-order valence-corrected chi connectivity index (χ4v) is 1.65. The number of hydrogen-bond acceptors (Lipinski definition) is 2. The molecule has 0 aliphatic carbocycles. The van der Waals surface area contributed by atoms with Crippen molar-refractivity contribution in [3.05, 3.63) is 52.2 Å². The maximum atomic E-state index is 11.3. The first-order valence-electron chi connectivity index (χ1n) is 3.75. The maximum absolute atomic E-state index is 11.3. The van der Waals surface area contributed by atoms with E-state index in [9.17, 15) is 4.79 Å². The van der Waals surface area contributed by atoms with Crippen molar-refractivity contribution < 1.29 is 0 Å². The molecule has 68 valence electrons. The second-order valence-electron chi connectivity index (χ2n) is 2.45. The fraction of sp³-hybridized carbons (Fsp3) is 0.100. The predicted octanol–water partition coefficient (Wildman–Crippen LogP) is 2.89. The topological polar surface area (TPSA) is 17.1 Å². The van der Waals surface area contributed by atoms with Crippen LogP contribution in [0.25, 0.3) is 0 Å². The summed E-state index contributed by atoms with van der Waals surface area (Å²) in [6.07, 6.45) is 0. The quantitative estimate of drug-likeness (QED) is 0.717. The number of rotatable bonds is 3. The first-order valence-corrected chi connectivity index (χ1v) is 5.12. The molecule has 0 N–H and O–H groups in total. The molecule has 1 aromatic carbocycles. The van der Waals surface area contributed by atoms with Crippen molar-refractivity contribution in [3.8, 4) is 0 Å². The molecule has 0 bridgehead atoms. The molecular formula is C10H9ClOS. The lowest BCUT2D eigenvalue weighted by Crippen LogP contribution is -1.97. The molecule has 1 nitrogen and oxygen atoms in total. The van der Waals surface area contributed by atoms with Crippen molar-refractivity contribution in [1.82, 2.24) is 0 Å². The monoisotopic (exact) mass is 212 g/mol. The lowest BCUT2D eigenvalue weighted by molar-refractivity contribution is 1.40. The van der Waals surface area contributed by atoms with Gasteiger partial charge >= 0.3 is 0 Å². The Labute approximate surface area is 86.4 Å². The summed E-state index contributed by atoms with van der Waals surface area (Å²) in [6.45, 7) is 3.56. The van der Waals surface area contributed by atoms with E-state index in [0.29, 0.717) is 15.7 Å². The first-order chi connectivity index (χ1) is 6.20. The molecule has 0 saturated carbocycles. The van der Waals surface area contributed by atoms with Crippen LogP contribution in [0, 0.1) is 0 Å². The molecule has 13 heavy (non-hydrogen) atoms. The molecule has 0 spiro atoms. The number of thioether (sulfide) groups is 1. The van der Waals surface area contributed by atoms with Crippen LogP contribution < -0.4 is 5.43 Å². The predicted molar refractivity (Wildman–Crippen MR) is 58.4 cm³/mol. The summed E-state index contributed by atoms with van der Waals surface area (Å²) < 4.78 is 0. The molecule has 0 aliphatic heterocycles. The second-order valence-corrected chi connectivity index (χ2v) is 4.00. The third-order valence-electron chi connectivity index (χ3n) is 1.34. The van der Waals surface area contributed by atoms with Gasteiger partial charge in [-0.1, -0.05) is 36.4 Å². The van der Waals surface area contributed by atoms with Crippen LogP contribution in [0.3, 0.4) is 0 Å². The van der Waals surface area contributed by atoms with E-state index in [1.807, 2.05) is 12.1 Å². The Bertz CT molecular complexity index is 362. The summed E-state index contributed by atoms with van der Waals surface area (Å²) in [4.78, 5) is 12.0. The van der Waals surface area contributed by atoms with Crippen LogP contribution in [0.15, 0.2) is 51.6 Å². The lowest BCUT2D eigenvalue weighted by atomic mass is 10.5. The molecule has 0 amide bonds. The summed E-state index contributed by atoms with van der Waals surface area (Å²) in [7, 11) is 0. The van der Waals surface area contributed by atoms with Crippen LogP contribution in [-0.2, 0) is 0 Å². The Morgan fingerprint density at radius 1 is 1.38 bits per heavy atom. The van der Waals surface area contributed by atoms with Crippen molar-refractivity contribution in [2.75, 3.05) is 5.75 Å². The minimum atomic E-state index is 0.0212. The zero-order valence-corrected chi connectivity index (χ0v) is 8.57. The van der Waals surface area contributed by atoms with Gasteiger partial charge in [-0.25, -0.2) is 0 Å². The minimum absolute atomic E-state index is 0.0212. The average molecular weight is 213 g/mol. The zero-order chi connectivity index (χ0) is 9.68. The van der Waals surface area contributed by atoms with E-state index in [4.69, 9.17) is 11.6 Å². The molecule has 0 radical (unpaired) electrons. The molecular weight excluding hydrogens is 204 g/mol. The second kappa shape index (κ2) is 5.10. The van der Waals surface area contributed by atoms with E-state index in [-0.39, 0.29) is 5.43 Å². The van der Waals surface area contributed by atoms with Crippen LogP contribution >= 0.6 is 23.4 Å². The van der Waals surface area contributed by atoms with E-state index in [0.717, 1.165) is 0 Å². The molecule has 0 aliphatic rings. The van der Waals surface area contributed by atoms with Crippen LogP contribution in [0.5, 0.6) is 0 Å². The summed E-state index contributed by atoms with van der Waals surface area (Å²) in [5.41, 5.74) is 0.0212. The SMILES string of the molecule is C=C(Cl)CSc1cccccc1=O. The normalized spacial score (nSPS) is 9.62. The Hall–Kier alpha value is -0.730. The Kier molecular flexibility index (Phi) is 4.06. The summed E-state index contributed by atoms with van der Waals surface area (Å²) in [5.74, 6) is 0.570. The standard InChI is InChI=1S/C10H9ClOS/c1-8(11)7-13-10-6-4-2-3-5-9(10)12/h2-6H,1,7H2. The highest BCUT2D eigenvalue weighted by atomic mass is 35.5. The van der Waals surface area contributed by atoms with Crippen molar-refractivity contribution in [3.63, 3.8) is 0 Å². The largest absolute Gasteiger partial charge is 0.289 e. The molecule has 0 saturated heterocycles. The van der Waals surface area contributed by atoms with Crippen LogP contribution in [-0.4, -0.2) is 5.75 Å². The van der Waals surface area contributed by atoms with E-state index in [1.165, 1.54) is 11.8 Å². The molecule has 1 rings (SSSR count). The average Bonchev–Trinajstić information content (AvgIpc) is 2.27. The maximum Gasteiger partial charge on any atom is 0.192 e. The van der Waals surface area contributed by atoms with Gasteiger partial charge in [-0.2, -0.15) is 0 Å². The van der Waals surface area contributed by atoms with E-state index in [1.54, 1.807) is 18.2 Å². The summed E-state index contributed by atoms with van der Waals surface area (Å²) in [5, 5.41) is 0.552. The highest BCUT2D eigenvalue weighted by Gasteiger charge is 1.97. The van der Waals surface area contributed by atoms with Gasteiger partial charge in [0.05, 0.1) is 4.90 Å². The third-order valence-corrected chi connectivity index (χ3v) is 2.78. The molecule has 0 atom stereocenters. The summed E-state index contributed by atoms with van der Waals surface area (Å²) >= 11 is 7.00. The highest BCUT2D eigenvalue weighted by molar-refractivity contribution is 7.99. The zero-order valence-electron chi connectivity index (χ0n) is 7.00. The van der Waals surface area contributed by atoms with Crippen molar-refractivity contribution in [1.29, 1.82) is 0 Å². The molecule has 0 heterocycles. The van der Waals surface area contributed by atoms with Gasteiger partial charge in [0, 0.05) is 10.8 Å². The van der Waals surface area contributed by atoms with Crippen LogP contribution in [0.2, 0.25) is 0 Å². The molecule has 0 unspecified atom stereocenters.